The van der Waals surface area contributed by atoms with Crippen LogP contribution in [0.2, 0.25) is 0 Å². The highest BCUT2D eigenvalue weighted by Gasteiger charge is 2.30. The van der Waals surface area contributed by atoms with Crippen LogP contribution in [0.3, 0.4) is 0 Å². The van der Waals surface area contributed by atoms with E-state index in [9.17, 15) is 9.59 Å². The van der Waals surface area contributed by atoms with E-state index in [1.165, 1.54) is 0 Å². The Hall–Kier alpha value is -1.10. The van der Waals surface area contributed by atoms with Crippen LogP contribution >= 0.6 is 0 Å². The summed E-state index contributed by atoms with van der Waals surface area (Å²) in [6.45, 7) is 4.89. The zero-order chi connectivity index (χ0) is 12.1. The van der Waals surface area contributed by atoms with Gasteiger partial charge in [0.25, 0.3) is 0 Å². The van der Waals surface area contributed by atoms with Gasteiger partial charge in [-0.2, -0.15) is 0 Å². The lowest BCUT2D eigenvalue weighted by molar-refractivity contribution is -0.140. The minimum atomic E-state index is -0.407. The van der Waals surface area contributed by atoms with Gasteiger partial charge < -0.3 is 16.0 Å². The number of carbonyl (C=O) groups excluding carboxylic acids is 2. The molecular weight excluding hydrogens is 206 g/mol. The Bertz CT molecular complexity index is 266. The highest BCUT2D eigenvalue weighted by molar-refractivity contribution is 5.87. The molecule has 0 aromatic rings. The number of hydrogen-bond acceptors (Lipinski definition) is 3. The third-order valence-corrected chi connectivity index (χ3v) is 2.81. The molecule has 5 heteroatoms. The molecule has 1 aliphatic rings. The summed E-state index contributed by atoms with van der Waals surface area (Å²) >= 11 is 0. The normalized spacial score (nSPS) is 21.2. The number of amides is 2. The molecule has 5 nitrogen and oxygen atoms in total. The van der Waals surface area contributed by atoms with Crippen molar-refractivity contribution < 1.29 is 9.59 Å². The van der Waals surface area contributed by atoms with Gasteiger partial charge in [-0.05, 0) is 19.3 Å². The minimum Gasteiger partial charge on any atom is -0.368 e. The third kappa shape index (κ3) is 3.48. The van der Waals surface area contributed by atoms with E-state index in [1.54, 1.807) is 4.90 Å². The van der Waals surface area contributed by atoms with Gasteiger partial charge in [0, 0.05) is 12.6 Å². The maximum Gasteiger partial charge on any atom is 0.240 e. The van der Waals surface area contributed by atoms with Gasteiger partial charge >= 0.3 is 0 Å². The van der Waals surface area contributed by atoms with E-state index in [0.29, 0.717) is 13.0 Å². The smallest absolute Gasteiger partial charge is 0.240 e. The van der Waals surface area contributed by atoms with Crippen molar-refractivity contribution in [2.24, 2.45) is 5.73 Å². The fraction of sp³-hybridized carbons (Fsp3) is 0.818. The number of nitrogens with zero attached hydrogens (tertiary/aromatic N) is 1. The number of primary amides is 1. The first-order valence-electron chi connectivity index (χ1n) is 5.84. The van der Waals surface area contributed by atoms with Gasteiger partial charge in [0.15, 0.2) is 0 Å². The lowest BCUT2D eigenvalue weighted by Crippen LogP contribution is -2.53. The first kappa shape index (κ1) is 13.0. The SMILES string of the molecule is CC(C)NCC(=O)N1CCCCC1C(N)=O. The van der Waals surface area contributed by atoms with Crippen LogP contribution in [-0.2, 0) is 9.59 Å². The van der Waals surface area contributed by atoms with Gasteiger partial charge in [-0.1, -0.05) is 13.8 Å². The van der Waals surface area contributed by atoms with Crippen molar-refractivity contribution in [2.75, 3.05) is 13.1 Å². The monoisotopic (exact) mass is 227 g/mol. The fourth-order valence-corrected chi connectivity index (χ4v) is 1.92. The second kappa shape index (κ2) is 5.84. The second-order valence-corrected chi connectivity index (χ2v) is 4.54. The van der Waals surface area contributed by atoms with Crippen molar-refractivity contribution in [3.05, 3.63) is 0 Å². The fourth-order valence-electron chi connectivity index (χ4n) is 1.92. The molecule has 1 atom stereocenters. The second-order valence-electron chi connectivity index (χ2n) is 4.54. The third-order valence-electron chi connectivity index (χ3n) is 2.81. The molecule has 3 N–H and O–H groups in total. The zero-order valence-corrected chi connectivity index (χ0v) is 10.0. The summed E-state index contributed by atoms with van der Waals surface area (Å²) in [6, 6.07) is -0.143. The molecule has 0 aromatic heterocycles. The predicted octanol–water partition coefficient (Wildman–Crippen LogP) is -0.149. The van der Waals surface area contributed by atoms with Crippen LogP contribution in [-0.4, -0.2) is 41.9 Å². The van der Waals surface area contributed by atoms with Crippen LogP contribution in [0.15, 0.2) is 0 Å². The van der Waals surface area contributed by atoms with Crippen LogP contribution in [0.1, 0.15) is 33.1 Å². The van der Waals surface area contributed by atoms with Crippen LogP contribution in [0, 0.1) is 0 Å². The number of nitrogens with one attached hydrogen (secondary N) is 1. The number of carbonyl (C=O) groups is 2. The highest BCUT2D eigenvalue weighted by Crippen LogP contribution is 2.16. The summed E-state index contributed by atoms with van der Waals surface area (Å²) in [5.41, 5.74) is 5.30. The average Bonchev–Trinajstić information content (AvgIpc) is 2.25. The Kier molecular flexibility index (Phi) is 4.73. The molecule has 1 aliphatic heterocycles. The number of hydrogen-bond donors (Lipinski definition) is 2. The van der Waals surface area contributed by atoms with E-state index in [0.717, 1.165) is 12.8 Å². The largest absolute Gasteiger partial charge is 0.368 e. The number of piperidine rings is 1. The van der Waals surface area contributed by atoms with Crippen LogP contribution in [0.25, 0.3) is 0 Å². The van der Waals surface area contributed by atoms with Crippen LogP contribution in [0.4, 0.5) is 0 Å². The molecule has 0 bridgehead atoms. The average molecular weight is 227 g/mol. The first-order chi connectivity index (χ1) is 7.52. The Labute approximate surface area is 96.4 Å². The minimum absolute atomic E-state index is 0.0304. The molecule has 1 saturated heterocycles. The molecule has 1 rings (SSSR count). The maximum absolute atomic E-state index is 11.9. The molecule has 0 aliphatic carbocycles. The standard InChI is InChI=1S/C11H21N3O2/c1-8(2)13-7-10(15)14-6-4-3-5-9(14)11(12)16/h8-9,13H,3-7H2,1-2H3,(H2,12,16). The molecule has 0 radical (unpaired) electrons. The lowest BCUT2D eigenvalue weighted by atomic mass is 10.0. The van der Waals surface area contributed by atoms with Crippen LogP contribution in [0.5, 0.6) is 0 Å². The summed E-state index contributed by atoms with van der Waals surface area (Å²) in [6.07, 6.45) is 2.62. The molecule has 0 spiro atoms. The van der Waals surface area contributed by atoms with Crippen molar-refractivity contribution in [2.45, 2.75) is 45.2 Å². The molecule has 0 saturated carbocycles. The Morgan fingerprint density at radius 1 is 1.44 bits per heavy atom. The molecule has 0 aromatic carbocycles. The number of nitrogens with two attached hydrogens (primary N) is 1. The van der Waals surface area contributed by atoms with Gasteiger partial charge in [0.2, 0.25) is 11.8 Å². The number of likely N-dealkylation sites (tertiary alicyclic amines) is 1. The lowest BCUT2D eigenvalue weighted by Gasteiger charge is -2.33. The Morgan fingerprint density at radius 3 is 2.69 bits per heavy atom. The van der Waals surface area contributed by atoms with Crippen LogP contribution < -0.4 is 11.1 Å². The molecule has 1 heterocycles. The van der Waals surface area contributed by atoms with Gasteiger partial charge in [0.1, 0.15) is 6.04 Å². The van der Waals surface area contributed by atoms with E-state index < -0.39 is 11.9 Å². The van der Waals surface area contributed by atoms with Gasteiger partial charge in [-0.3, -0.25) is 9.59 Å². The van der Waals surface area contributed by atoms with E-state index in [-0.39, 0.29) is 18.5 Å². The van der Waals surface area contributed by atoms with E-state index >= 15 is 0 Å². The summed E-state index contributed by atoms with van der Waals surface area (Å²) in [5, 5.41) is 3.06. The van der Waals surface area contributed by atoms with E-state index in [1.807, 2.05) is 13.8 Å². The molecule has 2 amide bonds. The molecule has 1 unspecified atom stereocenters. The summed E-state index contributed by atoms with van der Waals surface area (Å²) in [7, 11) is 0. The summed E-state index contributed by atoms with van der Waals surface area (Å²) in [4.78, 5) is 24.7. The highest BCUT2D eigenvalue weighted by atomic mass is 16.2. The van der Waals surface area contributed by atoms with Gasteiger partial charge in [0.05, 0.1) is 6.54 Å². The van der Waals surface area contributed by atoms with Crippen molar-refractivity contribution in [3.63, 3.8) is 0 Å². The van der Waals surface area contributed by atoms with E-state index in [2.05, 4.69) is 5.32 Å². The summed E-state index contributed by atoms with van der Waals surface area (Å²) in [5.74, 6) is -0.421. The van der Waals surface area contributed by atoms with Crippen molar-refractivity contribution in [3.8, 4) is 0 Å². The molecule has 92 valence electrons. The van der Waals surface area contributed by atoms with Crippen molar-refractivity contribution >= 4 is 11.8 Å². The first-order valence-corrected chi connectivity index (χ1v) is 5.84. The topological polar surface area (TPSA) is 75.4 Å². The van der Waals surface area contributed by atoms with E-state index in [4.69, 9.17) is 5.73 Å². The molecular formula is C11H21N3O2. The summed E-state index contributed by atoms with van der Waals surface area (Å²) < 4.78 is 0. The van der Waals surface area contributed by atoms with Gasteiger partial charge in [-0.15, -0.1) is 0 Å². The predicted molar refractivity (Wildman–Crippen MR) is 61.7 cm³/mol. The zero-order valence-electron chi connectivity index (χ0n) is 10.0. The quantitative estimate of drug-likeness (QED) is 0.701. The maximum atomic E-state index is 11.9. The van der Waals surface area contributed by atoms with Crippen molar-refractivity contribution in [1.82, 2.24) is 10.2 Å². The Balaban J connectivity index is 2.54. The van der Waals surface area contributed by atoms with Crippen molar-refractivity contribution in [1.29, 1.82) is 0 Å². The molecule has 16 heavy (non-hydrogen) atoms. The van der Waals surface area contributed by atoms with Gasteiger partial charge in [-0.25, -0.2) is 0 Å². The Morgan fingerprint density at radius 2 is 2.12 bits per heavy atom. The number of rotatable bonds is 4. The molecule has 1 fully saturated rings.